The van der Waals surface area contributed by atoms with Gasteiger partial charge in [0.15, 0.2) is 11.3 Å². The Hall–Kier alpha value is -4.92. The van der Waals surface area contributed by atoms with Gasteiger partial charge in [0.05, 0.1) is 19.8 Å². The van der Waals surface area contributed by atoms with Crippen LogP contribution in [0.15, 0.2) is 97.1 Å². The third kappa shape index (κ3) is 3.84. The summed E-state index contributed by atoms with van der Waals surface area (Å²) in [6, 6.07) is 29.7. The minimum Gasteiger partial charge on any atom is -0.472 e. The van der Waals surface area contributed by atoms with Crippen LogP contribution in [0, 0.1) is 12.4 Å². The molecular weight excluding hydrogens is 547 g/mol. The Morgan fingerprint density at radius 1 is 0.841 bits per heavy atom. The standard InChI is InChI=1S/C39H31FN2O2/c1-38(2)34-24-28(41-3)14-17-32(34)35-30-6-4-5-7-31(30)37-33(36(35)38)18-19-39(44-37,25-8-12-27(40)13-9-25)26-10-15-29(16-11-26)42-20-22-43-23-21-42/h4-19,24H,20-23H2,1-2H3. The first-order valence-electron chi connectivity index (χ1n) is 15.1. The number of nitrogens with zero attached hydrogens (tertiary/aromatic N) is 2. The summed E-state index contributed by atoms with van der Waals surface area (Å²) in [6.07, 6.45) is 4.33. The second kappa shape index (κ2) is 9.80. The molecule has 0 radical (unpaired) electrons. The van der Waals surface area contributed by atoms with Crippen molar-refractivity contribution in [1.82, 2.24) is 0 Å². The van der Waals surface area contributed by atoms with E-state index in [2.05, 4.69) is 90.3 Å². The molecule has 5 aromatic carbocycles. The summed E-state index contributed by atoms with van der Waals surface area (Å²) in [7, 11) is 0. The number of hydrogen-bond donors (Lipinski definition) is 0. The molecule has 4 nitrogen and oxygen atoms in total. The molecule has 1 fully saturated rings. The Kier molecular flexibility index (Phi) is 5.95. The Morgan fingerprint density at radius 3 is 2.23 bits per heavy atom. The van der Waals surface area contributed by atoms with E-state index in [9.17, 15) is 4.39 Å². The molecule has 2 heterocycles. The van der Waals surface area contributed by atoms with E-state index in [1.165, 1.54) is 28.8 Å². The van der Waals surface area contributed by atoms with Crippen molar-refractivity contribution in [1.29, 1.82) is 0 Å². The van der Waals surface area contributed by atoms with E-state index in [0.717, 1.165) is 70.8 Å². The maximum Gasteiger partial charge on any atom is 0.187 e. The van der Waals surface area contributed by atoms with Crippen molar-refractivity contribution < 1.29 is 13.9 Å². The summed E-state index contributed by atoms with van der Waals surface area (Å²) in [5.41, 5.74) is 8.08. The van der Waals surface area contributed by atoms with Gasteiger partial charge < -0.3 is 14.4 Å². The molecule has 2 aliphatic heterocycles. The zero-order valence-electron chi connectivity index (χ0n) is 24.7. The smallest absolute Gasteiger partial charge is 0.187 e. The number of morpholine rings is 1. The first-order chi connectivity index (χ1) is 21.4. The first kappa shape index (κ1) is 26.7. The van der Waals surface area contributed by atoms with Crippen LogP contribution < -0.4 is 9.64 Å². The number of anilines is 1. The predicted octanol–water partition coefficient (Wildman–Crippen LogP) is 9.02. The highest BCUT2D eigenvalue weighted by Gasteiger charge is 2.44. The molecule has 8 rings (SSSR count). The molecule has 1 atom stereocenters. The fourth-order valence-corrected chi connectivity index (χ4v) is 7.41. The maximum absolute atomic E-state index is 14.2. The molecule has 0 saturated carbocycles. The average Bonchev–Trinajstić information content (AvgIpc) is 3.31. The van der Waals surface area contributed by atoms with Crippen LogP contribution in [-0.2, 0) is 15.8 Å². The van der Waals surface area contributed by atoms with E-state index in [0.29, 0.717) is 5.69 Å². The monoisotopic (exact) mass is 578 g/mol. The van der Waals surface area contributed by atoms with Gasteiger partial charge in [0.25, 0.3) is 0 Å². The van der Waals surface area contributed by atoms with Crippen molar-refractivity contribution in [3.63, 3.8) is 0 Å². The van der Waals surface area contributed by atoms with Crippen molar-refractivity contribution in [2.45, 2.75) is 24.9 Å². The van der Waals surface area contributed by atoms with Gasteiger partial charge in [0.1, 0.15) is 11.6 Å². The summed E-state index contributed by atoms with van der Waals surface area (Å²) in [5, 5.41) is 2.15. The molecule has 216 valence electrons. The molecule has 44 heavy (non-hydrogen) atoms. The van der Waals surface area contributed by atoms with E-state index in [-0.39, 0.29) is 11.2 Å². The van der Waals surface area contributed by atoms with Gasteiger partial charge in [-0.3, -0.25) is 0 Å². The third-order valence-electron chi connectivity index (χ3n) is 9.60. The summed E-state index contributed by atoms with van der Waals surface area (Å²) < 4.78 is 27.1. The van der Waals surface area contributed by atoms with E-state index >= 15 is 0 Å². The highest BCUT2D eigenvalue weighted by atomic mass is 19.1. The Morgan fingerprint density at radius 2 is 1.52 bits per heavy atom. The zero-order valence-corrected chi connectivity index (χ0v) is 24.7. The molecule has 1 aliphatic carbocycles. The highest BCUT2D eigenvalue weighted by Crippen LogP contribution is 2.58. The van der Waals surface area contributed by atoms with Gasteiger partial charge in [-0.25, -0.2) is 9.24 Å². The van der Waals surface area contributed by atoms with Gasteiger partial charge in [-0.05, 0) is 58.0 Å². The summed E-state index contributed by atoms with van der Waals surface area (Å²) in [5.74, 6) is 0.531. The van der Waals surface area contributed by atoms with Crippen LogP contribution in [0.5, 0.6) is 5.75 Å². The summed E-state index contributed by atoms with van der Waals surface area (Å²) in [4.78, 5) is 6.06. The maximum atomic E-state index is 14.2. The van der Waals surface area contributed by atoms with Crippen LogP contribution in [0.4, 0.5) is 15.8 Å². The zero-order chi connectivity index (χ0) is 30.1. The number of rotatable bonds is 3. The number of ether oxygens (including phenoxy) is 2. The van der Waals surface area contributed by atoms with Crippen molar-refractivity contribution in [2.75, 3.05) is 31.2 Å². The molecule has 0 spiro atoms. The van der Waals surface area contributed by atoms with Crippen LogP contribution in [0.1, 0.15) is 41.7 Å². The average molecular weight is 579 g/mol. The third-order valence-corrected chi connectivity index (χ3v) is 9.60. The number of fused-ring (bicyclic) bond motifs is 8. The molecule has 0 N–H and O–H groups in total. The largest absolute Gasteiger partial charge is 0.472 e. The summed E-state index contributed by atoms with van der Waals surface area (Å²) in [6.45, 7) is 15.3. The van der Waals surface area contributed by atoms with Gasteiger partial charge in [0.2, 0.25) is 0 Å². The second-order valence-corrected chi connectivity index (χ2v) is 12.3. The van der Waals surface area contributed by atoms with Crippen molar-refractivity contribution in [3.05, 3.63) is 142 Å². The van der Waals surface area contributed by atoms with Crippen LogP contribution >= 0.6 is 0 Å². The lowest BCUT2D eigenvalue weighted by Gasteiger charge is -2.38. The Labute approximate surface area is 256 Å². The SMILES string of the molecule is [C-]#[N+]c1ccc2c(c1)C(C)(C)c1c3c(c4ccccc4c1-2)OC(c1ccc(F)cc1)(c1ccc(N2CCOCC2)cc1)C=C3. The minimum atomic E-state index is -0.964. The molecule has 3 aliphatic rings. The van der Waals surface area contributed by atoms with E-state index in [1.54, 1.807) is 0 Å². The van der Waals surface area contributed by atoms with Gasteiger partial charge in [0, 0.05) is 46.3 Å². The van der Waals surface area contributed by atoms with Gasteiger partial charge in [-0.1, -0.05) is 86.7 Å². The Bertz CT molecular complexity index is 2020. The summed E-state index contributed by atoms with van der Waals surface area (Å²) >= 11 is 0. The lowest BCUT2D eigenvalue weighted by Crippen LogP contribution is -2.37. The van der Waals surface area contributed by atoms with Crippen LogP contribution in [0.2, 0.25) is 0 Å². The highest BCUT2D eigenvalue weighted by molar-refractivity contribution is 6.08. The predicted molar refractivity (Wildman–Crippen MR) is 174 cm³/mol. The lowest BCUT2D eigenvalue weighted by atomic mass is 9.76. The molecule has 0 bridgehead atoms. The molecule has 1 saturated heterocycles. The normalized spacial score (nSPS) is 19.5. The van der Waals surface area contributed by atoms with Gasteiger partial charge >= 0.3 is 0 Å². The van der Waals surface area contributed by atoms with Crippen molar-refractivity contribution in [2.24, 2.45) is 0 Å². The van der Waals surface area contributed by atoms with Gasteiger partial charge in [-0.2, -0.15) is 0 Å². The molecule has 0 amide bonds. The quantitative estimate of drug-likeness (QED) is 0.200. The van der Waals surface area contributed by atoms with Crippen LogP contribution in [0.3, 0.4) is 0 Å². The van der Waals surface area contributed by atoms with Crippen LogP contribution in [-0.4, -0.2) is 26.3 Å². The minimum absolute atomic E-state index is 0.284. The Balaban J connectivity index is 1.35. The number of benzene rings is 5. The number of halogens is 1. The molecule has 5 aromatic rings. The van der Waals surface area contributed by atoms with Crippen molar-refractivity contribution >= 4 is 28.2 Å². The van der Waals surface area contributed by atoms with Crippen molar-refractivity contribution in [3.8, 4) is 16.9 Å². The van der Waals surface area contributed by atoms with E-state index in [1.807, 2.05) is 24.3 Å². The van der Waals surface area contributed by atoms with E-state index < -0.39 is 5.60 Å². The molecule has 1 unspecified atom stereocenters. The fourth-order valence-electron chi connectivity index (χ4n) is 7.41. The van der Waals surface area contributed by atoms with E-state index in [4.69, 9.17) is 16.0 Å². The molecule has 5 heteroatoms. The first-order valence-corrected chi connectivity index (χ1v) is 15.1. The lowest BCUT2D eigenvalue weighted by molar-refractivity contribution is 0.122. The van der Waals surface area contributed by atoms with Gasteiger partial charge in [-0.15, -0.1) is 0 Å². The fraction of sp³-hybridized carbons (Fsp3) is 0.205. The molecular formula is C39H31FN2O2. The second-order valence-electron chi connectivity index (χ2n) is 12.3. The topological polar surface area (TPSA) is 26.1 Å². The molecule has 0 aromatic heterocycles. The number of hydrogen-bond acceptors (Lipinski definition) is 3. The van der Waals surface area contributed by atoms with Crippen LogP contribution in [0.25, 0.3) is 32.8 Å².